The molecule has 0 saturated carbocycles. The van der Waals surface area contributed by atoms with Crippen molar-refractivity contribution >= 4 is 11.7 Å². The lowest BCUT2D eigenvalue weighted by Gasteiger charge is -2.35. The SMILES string of the molecule is COCC1CCN(c2c(C)cccc2C(=O)O)CC1. The summed E-state index contributed by atoms with van der Waals surface area (Å²) in [4.78, 5) is 13.5. The molecule has 0 radical (unpaired) electrons. The molecule has 0 aliphatic carbocycles. The molecule has 2 rings (SSSR count). The molecule has 4 nitrogen and oxygen atoms in total. The Hall–Kier alpha value is -1.55. The summed E-state index contributed by atoms with van der Waals surface area (Å²) >= 11 is 0. The van der Waals surface area contributed by atoms with Crippen molar-refractivity contribution in [1.29, 1.82) is 0 Å². The van der Waals surface area contributed by atoms with Gasteiger partial charge in [0, 0.05) is 26.8 Å². The number of aromatic carboxylic acids is 1. The number of rotatable bonds is 4. The first-order valence-corrected chi connectivity index (χ1v) is 6.70. The number of hydrogen-bond donors (Lipinski definition) is 1. The van der Waals surface area contributed by atoms with Gasteiger partial charge in [-0.05, 0) is 37.3 Å². The standard InChI is InChI=1S/C15H21NO3/c1-11-4-3-5-13(15(17)18)14(11)16-8-6-12(7-9-16)10-19-2/h3-5,12H,6-10H2,1-2H3,(H,17,18). The number of carboxylic acids is 1. The molecule has 0 unspecified atom stereocenters. The van der Waals surface area contributed by atoms with E-state index in [2.05, 4.69) is 4.90 Å². The third-order valence-corrected chi connectivity index (χ3v) is 3.80. The molecule has 1 saturated heterocycles. The number of methoxy groups -OCH3 is 1. The second kappa shape index (κ2) is 6.06. The highest BCUT2D eigenvalue weighted by molar-refractivity contribution is 5.95. The van der Waals surface area contributed by atoms with Crippen LogP contribution in [-0.2, 0) is 4.74 Å². The third kappa shape index (κ3) is 3.07. The van der Waals surface area contributed by atoms with E-state index in [0.29, 0.717) is 11.5 Å². The van der Waals surface area contributed by atoms with Crippen LogP contribution in [0.15, 0.2) is 18.2 Å². The van der Waals surface area contributed by atoms with E-state index in [-0.39, 0.29) is 0 Å². The van der Waals surface area contributed by atoms with Gasteiger partial charge in [-0.1, -0.05) is 12.1 Å². The molecule has 0 spiro atoms. The van der Waals surface area contributed by atoms with Crippen molar-refractivity contribution in [3.05, 3.63) is 29.3 Å². The van der Waals surface area contributed by atoms with E-state index in [1.54, 1.807) is 19.2 Å². The Balaban J connectivity index is 2.17. The second-order valence-electron chi connectivity index (χ2n) is 5.16. The number of carbonyl (C=O) groups is 1. The Morgan fingerprint density at radius 3 is 2.68 bits per heavy atom. The van der Waals surface area contributed by atoms with Crippen LogP contribution in [0.3, 0.4) is 0 Å². The Morgan fingerprint density at radius 2 is 2.11 bits per heavy atom. The zero-order chi connectivity index (χ0) is 13.8. The molecular formula is C15H21NO3. The first-order valence-electron chi connectivity index (χ1n) is 6.70. The predicted molar refractivity (Wildman–Crippen MR) is 75.0 cm³/mol. The van der Waals surface area contributed by atoms with Crippen molar-refractivity contribution in [3.8, 4) is 0 Å². The minimum atomic E-state index is -0.849. The molecule has 1 heterocycles. The lowest BCUT2D eigenvalue weighted by molar-refractivity contribution is 0.0697. The minimum Gasteiger partial charge on any atom is -0.478 e. The fourth-order valence-corrected chi connectivity index (χ4v) is 2.81. The first-order chi connectivity index (χ1) is 9.13. The maximum absolute atomic E-state index is 11.3. The Morgan fingerprint density at radius 1 is 1.42 bits per heavy atom. The van der Waals surface area contributed by atoms with E-state index in [4.69, 9.17) is 4.74 Å². The fourth-order valence-electron chi connectivity index (χ4n) is 2.81. The Bertz CT molecular complexity index is 451. The molecule has 1 fully saturated rings. The van der Waals surface area contributed by atoms with Gasteiger partial charge in [-0.15, -0.1) is 0 Å². The number of hydrogen-bond acceptors (Lipinski definition) is 3. The van der Waals surface area contributed by atoms with Gasteiger partial charge in [0.25, 0.3) is 0 Å². The summed E-state index contributed by atoms with van der Waals surface area (Å²) < 4.78 is 5.20. The molecule has 1 aliphatic heterocycles. The van der Waals surface area contributed by atoms with Gasteiger partial charge in [0.15, 0.2) is 0 Å². The number of carboxylic acid groups (broad SMARTS) is 1. The summed E-state index contributed by atoms with van der Waals surface area (Å²) in [6, 6.07) is 5.47. The molecule has 1 aromatic rings. The highest BCUT2D eigenvalue weighted by Gasteiger charge is 2.23. The molecule has 1 aromatic carbocycles. The average Bonchev–Trinajstić information content (AvgIpc) is 2.40. The van der Waals surface area contributed by atoms with E-state index in [9.17, 15) is 9.90 Å². The maximum Gasteiger partial charge on any atom is 0.337 e. The van der Waals surface area contributed by atoms with Crippen LogP contribution < -0.4 is 4.90 Å². The normalized spacial score (nSPS) is 16.6. The molecule has 1 N–H and O–H groups in total. The van der Waals surface area contributed by atoms with Crippen LogP contribution in [0.1, 0.15) is 28.8 Å². The largest absolute Gasteiger partial charge is 0.478 e. The number of ether oxygens (including phenoxy) is 1. The van der Waals surface area contributed by atoms with Crippen molar-refractivity contribution in [3.63, 3.8) is 0 Å². The average molecular weight is 263 g/mol. The zero-order valence-electron chi connectivity index (χ0n) is 11.6. The van der Waals surface area contributed by atoms with E-state index in [0.717, 1.165) is 43.8 Å². The summed E-state index contributed by atoms with van der Waals surface area (Å²) in [5, 5.41) is 9.31. The van der Waals surface area contributed by atoms with Gasteiger partial charge in [-0.25, -0.2) is 4.79 Å². The summed E-state index contributed by atoms with van der Waals surface area (Å²) in [5.41, 5.74) is 2.32. The summed E-state index contributed by atoms with van der Waals surface area (Å²) in [7, 11) is 1.73. The van der Waals surface area contributed by atoms with Gasteiger partial charge >= 0.3 is 5.97 Å². The number of nitrogens with zero attached hydrogens (tertiary/aromatic N) is 1. The number of aryl methyl sites for hydroxylation is 1. The van der Waals surface area contributed by atoms with E-state index >= 15 is 0 Å². The molecular weight excluding hydrogens is 242 g/mol. The van der Waals surface area contributed by atoms with Crippen molar-refractivity contribution in [2.75, 3.05) is 31.7 Å². The van der Waals surface area contributed by atoms with Crippen molar-refractivity contribution in [1.82, 2.24) is 0 Å². The van der Waals surface area contributed by atoms with Gasteiger partial charge in [-0.3, -0.25) is 0 Å². The molecule has 0 amide bonds. The summed E-state index contributed by atoms with van der Waals surface area (Å²) in [5.74, 6) is -0.253. The molecule has 4 heteroatoms. The highest BCUT2D eigenvalue weighted by Crippen LogP contribution is 2.29. The maximum atomic E-state index is 11.3. The zero-order valence-corrected chi connectivity index (χ0v) is 11.6. The van der Waals surface area contributed by atoms with Crippen LogP contribution >= 0.6 is 0 Å². The monoisotopic (exact) mass is 263 g/mol. The quantitative estimate of drug-likeness (QED) is 0.907. The van der Waals surface area contributed by atoms with E-state index < -0.39 is 5.97 Å². The lowest BCUT2D eigenvalue weighted by atomic mass is 9.96. The van der Waals surface area contributed by atoms with Crippen molar-refractivity contribution in [2.45, 2.75) is 19.8 Å². The molecule has 0 aromatic heterocycles. The lowest BCUT2D eigenvalue weighted by Crippen LogP contribution is -2.36. The molecule has 104 valence electrons. The highest BCUT2D eigenvalue weighted by atomic mass is 16.5. The second-order valence-corrected chi connectivity index (χ2v) is 5.16. The smallest absolute Gasteiger partial charge is 0.337 e. The summed E-state index contributed by atoms with van der Waals surface area (Å²) in [6.45, 7) is 4.58. The molecule has 0 bridgehead atoms. The number of para-hydroxylation sites is 1. The molecule has 19 heavy (non-hydrogen) atoms. The van der Waals surface area contributed by atoms with Crippen LogP contribution in [0.5, 0.6) is 0 Å². The molecule has 1 aliphatic rings. The number of benzene rings is 1. The van der Waals surface area contributed by atoms with Crippen LogP contribution in [0.25, 0.3) is 0 Å². The molecule has 0 atom stereocenters. The van der Waals surface area contributed by atoms with Gasteiger partial charge in [0.05, 0.1) is 11.3 Å². The number of anilines is 1. The topological polar surface area (TPSA) is 49.8 Å². The van der Waals surface area contributed by atoms with Gasteiger partial charge in [0.1, 0.15) is 0 Å². The predicted octanol–water partition coefficient (Wildman–Crippen LogP) is 2.56. The Labute approximate surface area is 114 Å². The van der Waals surface area contributed by atoms with Crippen LogP contribution in [0, 0.1) is 12.8 Å². The third-order valence-electron chi connectivity index (χ3n) is 3.80. The van der Waals surface area contributed by atoms with Gasteiger partial charge < -0.3 is 14.7 Å². The first kappa shape index (κ1) is 13.9. The van der Waals surface area contributed by atoms with Gasteiger partial charge in [0.2, 0.25) is 0 Å². The van der Waals surface area contributed by atoms with Crippen LogP contribution in [-0.4, -0.2) is 37.9 Å². The number of piperidine rings is 1. The fraction of sp³-hybridized carbons (Fsp3) is 0.533. The van der Waals surface area contributed by atoms with Crippen molar-refractivity contribution in [2.24, 2.45) is 5.92 Å². The summed E-state index contributed by atoms with van der Waals surface area (Å²) in [6.07, 6.45) is 2.11. The van der Waals surface area contributed by atoms with Gasteiger partial charge in [-0.2, -0.15) is 0 Å². The van der Waals surface area contributed by atoms with E-state index in [1.165, 1.54) is 0 Å². The van der Waals surface area contributed by atoms with Crippen LogP contribution in [0.4, 0.5) is 5.69 Å². The van der Waals surface area contributed by atoms with Crippen molar-refractivity contribution < 1.29 is 14.6 Å². The minimum absolute atomic E-state index is 0.408. The van der Waals surface area contributed by atoms with Crippen LogP contribution in [0.2, 0.25) is 0 Å². The Kier molecular flexibility index (Phi) is 4.43. The van der Waals surface area contributed by atoms with E-state index in [1.807, 2.05) is 13.0 Å².